The van der Waals surface area contributed by atoms with Crippen LogP contribution in [0, 0.1) is 13.8 Å². The fourth-order valence-electron chi connectivity index (χ4n) is 1.71. The Kier molecular flexibility index (Phi) is 3.93. The Morgan fingerprint density at radius 3 is 2.41 bits per heavy atom. The minimum atomic E-state index is -0.243. The van der Waals surface area contributed by atoms with Crippen molar-refractivity contribution in [3.63, 3.8) is 0 Å². The number of carbonyl (C=O) groups excluding carboxylic acids is 1. The molecule has 0 aromatic carbocycles. The van der Waals surface area contributed by atoms with E-state index in [0.29, 0.717) is 0 Å². The molecule has 1 amide bonds. The van der Waals surface area contributed by atoms with Gasteiger partial charge in [0.05, 0.1) is 12.3 Å². The van der Waals surface area contributed by atoms with Crippen molar-refractivity contribution in [1.29, 1.82) is 0 Å². The second-order valence-corrected chi connectivity index (χ2v) is 5.26. The molecule has 2 N–H and O–H groups in total. The summed E-state index contributed by atoms with van der Waals surface area (Å²) >= 11 is 0. The molecule has 0 aliphatic carbocycles. The van der Waals surface area contributed by atoms with Gasteiger partial charge in [0, 0.05) is 16.8 Å². The van der Waals surface area contributed by atoms with Crippen molar-refractivity contribution in [2.45, 2.75) is 53.3 Å². The number of rotatable bonds is 3. The van der Waals surface area contributed by atoms with Crippen LogP contribution in [0.15, 0.2) is 0 Å². The van der Waals surface area contributed by atoms with Crippen LogP contribution >= 0.6 is 0 Å². The zero-order chi connectivity index (χ0) is 13.2. The normalized spacial score (nSPS) is 11.6. The summed E-state index contributed by atoms with van der Waals surface area (Å²) in [4.78, 5) is 11.8. The van der Waals surface area contributed by atoms with Crippen LogP contribution in [0.1, 0.15) is 37.7 Å². The van der Waals surface area contributed by atoms with E-state index in [0.717, 1.165) is 17.0 Å². The number of hydrogen-bond acceptors (Lipinski definition) is 3. The predicted molar refractivity (Wildman–Crippen MR) is 65.5 cm³/mol. The molecule has 17 heavy (non-hydrogen) atoms. The molecule has 5 nitrogen and oxygen atoms in total. The number of carbonyl (C=O) groups is 1. The van der Waals surface area contributed by atoms with Gasteiger partial charge in [-0.15, -0.1) is 0 Å². The van der Waals surface area contributed by atoms with Gasteiger partial charge < -0.3 is 10.4 Å². The maximum Gasteiger partial charge on any atom is 0.242 e. The van der Waals surface area contributed by atoms with E-state index < -0.39 is 0 Å². The smallest absolute Gasteiger partial charge is 0.242 e. The molecule has 0 atom stereocenters. The van der Waals surface area contributed by atoms with Crippen LogP contribution in [0.25, 0.3) is 0 Å². The highest BCUT2D eigenvalue weighted by Crippen LogP contribution is 2.12. The van der Waals surface area contributed by atoms with Gasteiger partial charge in [0.15, 0.2) is 0 Å². The van der Waals surface area contributed by atoms with E-state index in [4.69, 9.17) is 0 Å². The Bertz CT molecular complexity index is 416. The van der Waals surface area contributed by atoms with E-state index in [1.807, 2.05) is 34.6 Å². The van der Waals surface area contributed by atoms with Gasteiger partial charge in [-0.05, 0) is 34.6 Å². The van der Waals surface area contributed by atoms with E-state index in [2.05, 4.69) is 10.4 Å². The first-order valence-electron chi connectivity index (χ1n) is 5.69. The van der Waals surface area contributed by atoms with Crippen molar-refractivity contribution in [3.8, 4) is 0 Å². The number of aromatic nitrogens is 2. The van der Waals surface area contributed by atoms with E-state index >= 15 is 0 Å². The largest absolute Gasteiger partial charge is 0.392 e. The fourth-order valence-corrected chi connectivity index (χ4v) is 1.71. The van der Waals surface area contributed by atoms with E-state index in [9.17, 15) is 9.90 Å². The van der Waals surface area contributed by atoms with Crippen LogP contribution in [0.3, 0.4) is 0 Å². The first-order valence-corrected chi connectivity index (χ1v) is 5.69. The number of hydrogen-bond donors (Lipinski definition) is 2. The summed E-state index contributed by atoms with van der Waals surface area (Å²) < 4.78 is 1.63. The Hall–Kier alpha value is -1.36. The molecule has 96 valence electrons. The lowest BCUT2D eigenvalue weighted by molar-refractivity contribution is -0.123. The highest BCUT2D eigenvalue weighted by molar-refractivity contribution is 5.76. The van der Waals surface area contributed by atoms with Crippen LogP contribution in [-0.2, 0) is 17.9 Å². The summed E-state index contributed by atoms with van der Waals surface area (Å²) in [6.45, 7) is 9.64. The van der Waals surface area contributed by atoms with Crippen molar-refractivity contribution in [2.75, 3.05) is 0 Å². The zero-order valence-electron chi connectivity index (χ0n) is 11.2. The molecule has 0 saturated heterocycles. The fraction of sp³-hybridized carbons (Fsp3) is 0.667. The van der Waals surface area contributed by atoms with E-state index in [1.54, 1.807) is 4.68 Å². The Morgan fingerprint density at radius 2 is 2.00 bits per heavy atom. The van der Waals surface area contributed by atoms with Gasteiger partial charge >= 0.3 is 0 Å². The predicted octanol–water partition coefficient (Wildman–Crippen LogP) is 0.907. The second kappa shape index (κ2) is 4.87. The molecule has 0 aliphatic rings. The van der Waals surface area contributed by atoms with Gasteiger partial charge in [-0.1, -0.05) is 0 Å². The molecule has 0 spiro atoms. The average Bonchev–Trinajstić information content (AvgIpc) is 2.38. The molecule has 0 unspecified atom stereocenters. The minimum Gasteiger partial charge on any atom is -0.392 e. The molecular formula is C12H21N3O2. The first kappa shape index (κ1) is 13.7. The zero-order valence-corrected chi connectivity index (χ0v) is 11.2. The number of aryl methyl sites for hydroxylation is 1. The van der Waals surface area contributed by atoms with Crippen molar-refractivity contribution in [1.82, 2.24) is 15.1 Å². The van der Waals surface area contributed by atoms with Crippen LogP contribution in [0.2, 0.25) is 0 Å². The SMILES string of the molecule is Cc1nn(CC(=O)NC(C)(C)C)c(C)c1CO. The molecule has 1 heterocycles. The number of aliphatic hydroxyl groups is 1. The lowest BCUT2D eigenvalue weighted by Crippen LogP contribution is -2.42. The monoisotopic (exact) mass is 239 g/mol. The Labute approximate surface area is 102 Å². The Morgan fingerprint density at radius 1 is 1.41 bits per heavy atom. The topological polar surface area (TPSA) is 67.2 Å². The summed E-state index contributed by atoms with van der Waals surface area (Å²) in [7, 11) is 0. The van der Waals surface area contributed by atoms with Crippen LogP contribution in [0.5, 0.6) is 0 Å². The van der Waals surface area contributed by atoms with Crippen LogP contribution < -0.4 is 5.32 Å². The quantitative estimate of drug-likeness (QED) is 0.823. The van der Waals surface area contributed by atoms with Gasteiger partial charge in [-0.3, -0.25) is 9.48 Å². The molecule has 0 fully saturated rings. The summed E-state index contributed by atoms with van der Waals surface area (Å²) in [6, 6.07) is 0. The average molecular weight is 239 g/mol. The molecular weight excluding hydrogens is 218 g/mol. The third kappa shape index (κ3) is 3.56. The summed E-state index contributed by atoms with van der Waals surface area (Å²) in [5.74, 6) is -0.0763. The van der Waals surface area contributed by atoms with Crippen molar-refractivity contribution < 1.29 is 9.90 Å². The molecule has 0 bridgehead atoms. The third-order valence-electron chi connectivity index (χ3n) is 2.50. The van der Waals surface area contributed by atoms with Crippen LogP contribution in [-0.4, -0.2) is 26.3 Å². The Balaban J connectivity index is 2.79. The molecule has 1 aromatic rings. The lowest BCUT2D eigenvalue weighted by atomic mass is 10.1. The molecule has 0 aliphatic heterocycles. The number of amides is 1. The molecule has 1 rings (SSSR count). The molecule has 5 heteroatoms. The number of nitrogens with one attached hydrogen (secondary N) is 1. The maximum atomic E-state index is 11.8. The van der Waals surface area contributed by atoms with Gasteiger partial charge in [-0.2, -0.15) is 5.10 Å². The lowest BCUT2D eigenvalue weighted by Gasteiger charge is -2.20. The third-order valence-corrected chi connectivity index (χ3v) is 2.50. The van der Waals surface area contributed by atoms with Crippen molar-refractivity contribution in [3.05, 3.63) is 17.0 Å². The highest BCUT2D eigenvalue weighted by Gasteiger charge is 2.17. The molecule has 0 saturated carbocycles. The van der Waals surface area contributed by atoms with E-state index in [1.165, 1.54) is 0 Å². The van der Waals surface area contributed by atoms with Gasteiger partial charge in [0.2, 0.25) is 5.91 Å². The molecule has 0 radical (unpaired) electrons. The second-order valence-electron chi connectivity index (χ2n) is 5.26. The van der Waals surface area contributed by atoms with Gasteiger partial charge in [0.1, 0.15) is 6.54 Å². The maximum absolute atomic E-state index is 11.8. The summed E-state index contributed by atoms with van der Waals surface area (Å²) in [6.07, 6.45) is 0. The minimum absolute atomic E-state index is 0.0431. The number of aliphatic hydroxyl groups excluding tert-OH is 1. The van der Waals surface area contributed by atoms with Crippen molar-refractivity contribution in [2.24, 2.45) is 0 Å². The highest BCUT2D eigenvalue weighted by atomic mass is 16.3. The van der Waals surface area contributed by atoms with Gasteiger partial charge in [0.25, 0.3) is 0 Å². The van der Waals surface area contributed by atoms with E-state index in [-0.39, 0.29) is 24.6 Å². The van der Waals surface area contributed by atoms with Crippen LogP contribution in [0.4, 0.5) is 0 Å². The summed E-state index contributed by atoms with van der Waals surface area (Å²) in [5, 5.41) is 16.3. The summed E-state index contributed by atoms with van der Waals surface area (Å²) in [5.41, 5.74) is 2.17. The molecule has 1 aromatic heterocycles. The van der Waals surface area contributed by atoms with Gasteiger partial charge in [-0.25, -0.2) is 0 Å². The van der Waals surface area contributed by atoms with Crippen molar-refractivity contribution >= 4 is 5.91 Å². The standard InChI is InChI=1S/C12H21N3O2/c1-8-10(7-16)9(2)15(14-8)6-11(17)13-12(3,4)5/h16H,6-7H2,1-5H3,(H,13,17). The first-order chi connectivity index (χ1) is 7.74. The number of nitrogens with zero attached hydrogens (tertiary/aromatic N) is 2.